The maximum atomic E-state index is 14.7. The second-order valence-electron chi connectivity index (χ2n) is 8.15. The number of halogens is 1. The Labute approximate surface area is 207 Å². The highest BCUT2D eigenvalue weighted by Crippen LogP contribution is 2.44. The molecule has 0 atom stereocenters. The third-order valence-electron chi connectivity index (χ3n) is 6.09. The number of hydrogen-bond acceptors (Lipinski definition) is 4. The van der Waals surface area contributed by atoms with E-state index < -0.39 is 11.9 Å². The van der Waals surface area contributed by atoms with Gasteiger partial charge >= 0.3 is 6.09 Å². The molecule has 174 valence electrons. The molecule has 1 aliphatic carbocycles. The van der Waals surface area contributed by atoms with Gasteiger partial charge in [-0.2, -0.15) is 0 Å². The number of ether oxygens (including phenoxy) is 1. The third-order valence-corrected chi connectivity index (χ3v) is 7.29. The van der Waals surface area contributed by atoms with Gasteiger partial charge in [-0.1, -0.05) is 84.6 Å². The highest BCUT2D eigenvalue weighted by atomic mass is 32.2. The summed E-state index contributed by atoms with van der Waals surface area (Å²) in [5.41, 5.74) is 5.43. The largest absolute Gasteiger partial charge is 0.449 e. The number of amides is 1. The van der Waals surface area contributed by atoms with Gasteiger partial charge in [-0.3, -0.25) is 4.79 Å². The maximum absolute atomic E-state index is 14.7. The van der Waals surface area contributed by atoms with Crippen LogP contribution in [0.3, 0.4) is 0 Å². The highest BCUT2D eigenvalue weighted by Gasteiger charge is 2.29. The van der Waals surface area contributed by atoms with Crippen molar-refractivity contribution in [2.75, 3.05) is 6.61 Å². The fourth-order valence-corrected chi connectivity index (χ4v) is 5.46. The summed E-state index contributed by atoms with van der Waals surface area (Å²) in [4.78, 5) is 25.3. The molecule has 0 aromatic heterocycles. The van der Waals surface area contributed by atoms with Crippen molar-refractivity contribution in [1.29, 1.82) is 0 Å². The molecule has 35 heavy (non-hydrogen) atoms. The minimum absolute atomic E-state index is 0.0328. The number of nitrogens with one attached hydrogen (secondary N) is 1. The molecule has 0 fully saturated rings. The van der Waals surface area contributed by atoms with E-state index in [0.29, 0.717) is 16.0 Å². The van der Waals surface area contributed by atoms with Crippen LogP contribution in [0.2, 0.25) is 0 Å². The van der Waals surface area contributed by atoms with Crippen LogP contribution in [0.5, 0.6) is 0 Å². The van der Waals surface area contributed by atoms with Crippen LogP contribution >= 0.6 is 11.8 Å². The average Bonchev–Trinajstić information content (AvgIpc) is 3.21. The Morgan fingerprint density at radius 2 is 1.49 bits per heavy atom. The van der Waals surface area contributed by atoms with Crippen molar-refractivity contribution < 1.29 is 18.7 Å². The molecule has 0 bridgehead atoms. The predicted molar refractivity (Wildman–Crippen MR) is 134 cm³/mol. The number of aldehydes is 1. The lowest BCUT2D eigenvalue weighted by Gasteiger charge is -2.15. The Kier molecular flexibility index (Phi) is 6.64. The summed E-state index contributed by atoms with van der Waals surface area (Å²) < 4.78 is 20.2. The number of carbonyl (C=O) groups is 2. The summed E-state index contributed by atoms with van der Waals surface area (Å²) in [7, 11) is 0. The van der Waals surface area contributed by atoms with Crippen LogP contribution in [0.25, 0.3) is 11.1 Å². The Bertz CT molecular complexity index is 1360. The van der Waals surface area contributed by atoms with Gasteiger partial charge < -0.3 is 10.1 Å². The van der Waals surface area contributed by atoms with Gasteiger partial charge in [0.1, 0.15) is 12.4 Å². The van der Waals surface area contributed by atoms with Crippen molar-refractivity contribution in [1.82, 2.24) is 5.32 Å². The van der Waals surface area contributed by atoms with Gasteiger partial charge in [-0.15, -0.1) is 0 Å². The molecule has 4 nitrogen and oxygen atoms in total. The Morgan fingerprint density at radius 1 is 0.857 bits per heavy atom. The van der Waals surface area contributed by atoms with Crippen molar-refractivity contribution in [2.45, 2.75) is 22.3 Å². The third kappa shape index (κ3) is 4.70. The van der Waals surface area contributed by atoms with E-state index in [-0.39, 0.29) is 19.1 Å². The smallest absolute Gasteiger partial charge is 0.407 e. The minimum Gasteiger partial charge on any atom is -0.449 e. The van der Waals surface area contributed by atoms with E-state index in [1.165, 1.54) is 17.8 Å². The van der Waals surface area contributed by atoms with E-state index in [9.17, 15) is 14.0 Å². The van der Waals surface area contributed by atoms with E-state index in [4.69, 9.17) is 4.74 Å². The Hall–Kier alpha value is -3.90. The molecule has 1 aliphatic rings. The van der Waals surface area contributed by atoms with Crippen LogP contribution in [0, 0.1) is 5.82 Å². The van der Waals surface area contributed by atoms with Gasteiger partial charge in [0.2, 0.25) is 0 Å². The first-order chi connectivity index (χ1) is 17.2. The van der Waals surface area contributed by atoms with E-state index in [1.54, 1.807) is 24.3 Å². The van der Waals surface area contributed by atoms with Gasteiger partial charge in [0.15, 0.2) is 6.29 Å². The van der Waals surface area contributed by atoms with Gasteiger partial charge in [0, 0.05) is 26.8 Å². The minimum atomic E-state index is -0.612. The lowest BCUT2D eigenvalue weighted by atomic mass is 9.98. The Balaban J connectivity index is 1.27. The molecule has 0 aliphatic heterocycles. The molecule has 0 radical (unpaired) electrons. The number of fused-ring (bicyclic) bond motifs is 3. The SMILES string of the molecule is O=Cc1ccccc1Sc1cccc(F)c1CNC(=O)OCC1c2ccccc2-c2ccccc21. The van der Waals surface area contributed by atoms with Gasteiger partial charge in [0.25, 0.3) is 0 Å². The lowest BCUT2D eigenvalue weighted by Crippen LogP contribution is -2.26. The Morgan fingerprint density at radius 3 is 2.20 bits per heavy atom. The molecule has 0 saturated heterocycles. The first-order valence-electron chi connectivity index (χ1n) is 11.2. The molecule has 5 rings (SSSR count). The topological polar surface area (TPSA) is 55.4 Å². The van der Waals surface area contributed by atoms with Crippen molar-refractivity contribution >= 4 is 24.1 Å². The summed E-state index contributed by atoms with van der Waals surface area (Å²) in [5, 5.41) is 2.68. The van der Waals surface area contributed by atoms with Crippen LogP contribution in [0.4, 0.5) is 9.18 Å². The summed E-state index contributed by atoms with van der Waals surface area (Å²) in [6, 6.07) is 28.1. The summed E-state index contributed by atoms with van der Waals surface area (Å²) in [6.45, 7) is 0.153. The summed E-state index contributed by atoms with van der Waals surface area (Å²) in [5.74, 6) is -0.481. The van der Waals surface area contributed by atoms with Crippen molar-refractivity contribution in [3.8, 4) is 11.1 Å². The zero-order chi connectivity index (χ0) is 24.2. The normalized spacial score (nSPS) is 12.0. The van der Waals surface area contributed by atoms with Gasteiger partial charge in [0.05, 0.1) is 6.54 Å². The van der Waals surface area contributed by atoms with E-state index in [2.05, 4.69) is 29.6 Å². The zero-order valence-electron chi connectivity index (χ0n) is 18.7. The molecule has 0 heterocycles. The number of carbonyl (C=O) groups excluding carboxylic acids is 2. The predicted octanol–water partition coefficient (Wildman–Crippen LogP) is 6.83. The molecule has 1 amide bonds. The van der Waals surface area contributed by atoms with Gasteiger partial charge in [-0.25, -0.2) is 9.18 Å². The van der Waals surface area contributed by atoms with Crippen LogP contribution in [0.1, 0.15) is 33.0 Å². The molecule has 6 heteroatoms. The molecule has 1 N–H and O–H groups in total. The second kappa shape index (κ2) is 10.2. The first kappa shape index (κ1) is 22.9. The summed E-state index contributed by atoms with van der Waals surface area (Å²) in [6.07, 6.45) is 0.162. The van der Waals surface area contributed by atoms with Crippen LogP contribution in [0.15, 0.2) is 101 Å². The van der Waals surface area contributed by atoms with E-state index in [0.717, 1.165) is 33.4 Å². The van der Waals surface area contributed by atoms with Crippen LogP contribution in [-0.2, 0) is 11.3 Å². The average molecular weight is 484 g/mol. The van der Waals surface area contributed by atoms with Gasteiger partial charge in [-0.05, 0) is 40.5 Å². The fourth-order valence-electron chi connectivity index (χ4n) is 4.41. The standard InChI is InChI=1S/C29H22FNO3S/c30-26-13-7-15-28(35-27-14-6-1-8-19(27)17-32)24(26)16-31-29(33)34-18-25-22-11-4-2-9-20(22)21-10-3-5-12-23(21)25/h1-15,17,25H,16,18H2,(H,31,33). The quantitative estimate of drug-likeness (QED) is 0.293. The first-order valence-corrected chi connectivity index (χ1v) is 12.1. The maximum Gasteiger partial charge on any atom is 0.407 e. The van der Waals surface area contributed by atoms with Crippen molar-refractivity contribution in [3.05, 3.63) is 119 Å². The number of benzene rings is 4. The zero-order valence-corrected chi connectivity index (χ0v) is 19.6. The molecule has 0 unspecified atom stereocenters. The second-order valence-corrected chi connectivity index (χ2v) is 9.24. The van der Waals surface area contributed by atoms with Crippen LogP contribution < -0.4 is 5.32 Å². The molecule has 4 aromatic rings. The van der Waals surface area contributed by atoms with E-state index in [1.807, 2.05) is 36.4 Å². The van der Waals surface area contributed by atoms with Crippen molar-refractivity contribution in [2.24, 2.45) is 0 Å². The van der Waals surface area contributed by atoms with Crippen molar-refractivity contribution in [3.63, 3.8) is 0 Å². The number of alkyl carbamates (subject to hydrolysis) is 1. The highest BCUT2D eigenvalue weighted by molar-refractivity contribution is 7.99. The summed E-state index contributed by atoms with van der Waals surface area (Å²) >= 11 is 1.29. The molecule has 0 saturated carbocycles. The molecule has 0 spiro atoms. The van der Waals surface area contributed by atoms with Crippen LogP contribution in [-0.4, -0.2) is 19.0 Å². The molecular formula is C29H22FNO3S. The fraction of sp³-hybridized carbons (Fsp3) is 0.103. The number of rotatable bonds is 7. The molecular weight excluding hydrogens is 461 g/mol. The lowest BCUT2D eigenvalue weighted by molar-refractivity contribution is 0.112. The monoisotopic (exact) mass is 483 g/mol. The molecule has 4 aromatic carbocycles. The number of hydrogen-bond donors (Lipinski definition) is 1. The van der Waals surface area contributed by atoms with E-state index >= 15 is 0 Å².